The second-order valence-electron chi connectivity index (χ2n) is 4.69. The maximum Gasteiger partial charge on any atom is 0.328 e. The number of anilines is 1. The second kappa shape index (κ2) is 6.02. The predicted octanol–water partition coefficient (Wildman–Crippen LogP) is 2.97. The fourth-order valence-corrected chi connectivity index (χ4v) is 2.49. The molecule has 1 fully saturated rings. The van der Waals surface area contributed by atoms with Crippen molar-refractivity contribution in [2.75, 3.05) is 5.32 Å². The molecule has 6 heteroatoms. The Labute approximate surface area is 116 Å². The summed E-state index contributed by atoms with van der Waals surface area (Å²) in [6.07, 6.45) is 7.35. The first-order valence-corrected chi connectivity index (χ1v) is 6.64. The number of carboxylic acid groups (broad SMARTS) is 1. The molecule has 1 saturated carbocycles. The van der Waals surface area contributed by atoms with E-state index in [9.17, 15) is 4.79 Å². The number of hydrogen-bond acceptors (Lipinski definition) is 4. The van der Waals surface area contributed by atoms with Gasteiger partial charge in [-0.15, -0.1) is 0 Å². The molecule has 0 unspecified atom stereocenters. The zero-order valence-electron chi connectivity index (χ0n) is 10.7. The molecule has 102 valence electrons. The lowest BCUT2D eigenvalue weighted by atomic mass is 10.1. The highest BCUT2D eigenvalue weighted by Gasteiger charge is 2.16. The Morgan fingerprint density at radius 3 is 2.79 bits per heavy atom. The molecule has 0 saturated heterocycles. The van der Waals surface area contributed by atoms with E-state index in [4.69, 9.17) is 16.7 Å². The fraction of sp³-hybridized carbons (Fsp3) is 0.462. The van der Waals surface area contributed by atoms with Gasteiger partial charge in [0.1, 0.15) is 5.15 Å². The third kappa shape index (κ3) is 3.67. The molecule has 0 bridgehead atoms. The van der Waals surface area contributed by atoms with Crippen LogP contribution >= 0.6 is 11.6 Å². The topological polar surface area (TPSA) is 75.1 Å². The SMILES string of the molecule is C/C(=C\C(=O)O)c1cnc(NC2CCCC2)nc1Cl. The number of carboxylic acids is 1. The molecular formula is C13H16ClN3O2. The minimum atomic E-state index is -1.01. The van der Waals surface area contributed by atoms with Crippen LogP contribution in [-0.2, 0) is 4.79 Å². The van der Waals surface area contributed by atoms with Crippen LogP contribution in [0.15, 0.2) is 12.3 Å². The molecule has 0 atom stereocenters. The normalized spacial score (nSPS) is 16.6. The quantitative estimate of drug-likeness (QED) is 0.655. The van der Waals surface area contributed by atoms with Crippen molar-refractivity contribution in [3.8, 4) is 0 Å². The highest BCUT2D eigenvalue weighted by atomic mass is 35.5. The Morgan fingerprint density at radius 2 is 2.21 bits per heavy atom. The number of rotatable bonds is 4. The first kappa shape index (κ1) is 13.8. The number of nitrogens with zero attached hydrogens (tertiary/aromatic N) is 2. The van der Waals surface area contributed by atoms with Crippen molar-refractivity contribution >= 4 is 29.1 Å². The van der Waals surface area contributed by atoms with Gasteiger partial charge in [-0.1, -0.05) is 24.4 Å². The zero-order chi connectivity index (χ0) is 13.8. The molecule has 1 aromatic rings. The average Bonchev–Trinajstić information content (AvgIpc) is 2.80. The van der Waals surface area contributed by atoms with Crippen LogP contribution < -0.4 is 5.32 Å². The predicted molar refractivity (Wildman–Crippen MR) is 74.2 cm³/mol. The van der Waals surface area contributed by atoms with E-state index >= 15 is 0 Å². The summed E-state index contributed by atoms with van der Waals surface area (Å²) in [5.41, 5.74) is 1.07. The molecule has 19 heavy (non-hydrogen) atoms. The molecule has 5 nitrogen and oxygen atoms in total. The van der Waals surface area contributed by atoms with Gasteiger partial charge in [-0.2, -0.15) is 0 Å². The maximum atomic E-state index is 10.6. The lowest BCUT2D eigenvalue weighted by Gasteiger charge is -2.12. The summed E-state index contributed by atoms with van der Waals surface area (Å²) in [5, 5.41) is 12.2. The van der Waals surface area contributed by atoms with Crippen molar-refractivity contribution in [3.05, 3.63) is 23.0 Å². The Kier molecular flexibility index (Phi) is 4.37. The standard InChI is InChI=1S/C13H16ClN3O2/c1-8(6-11(18)19)10-7-15-13(17-12(10)14)16-9-4-2-3-5-9/h6-7,9H,2-5H2,1H3,(H,18,19)(H,15,16,17)/b8-6+. The summed E-state index contributed by atoms with van der Waals surface area (Å²) >= 11 is 6.07. The van der Waals surface area contributed by atoms with Gasteiger partial charge in [0.15, 0.2) is 0 Å². The lowest BCUT2D eigenvalue weighted by Crippen LogP contribution is -2.16. The van der Waals surface area contributed by atoms with Crippen molar-refractivity contribution in [1.82, 2.24) is 9.97 Å². The van der Waals surface area contributed by atoms with Crippen molar-refractivity contribution in [2.24, 2.45) is 0 Å². The van der Waals surface area contributed by atoms with Crippen LogP contribution in [0.5, 0.6) is 0 Å². The number of aromatic nitrogens is 2. The Bertz CT molecular complexity index is 511. The van der Waals surface area contributed by atoms with E-state index in [1.54, 1.807) is 13.1 Å². The van der Waals surface area contributed by atoms with Crippen molar-refractivity contribution in [2.45, 2.75) is 38.6 Å². The summed E-state index contributed by atoms with van der Waals surface area (Å²) < 4.78 is 0. The maximum absolute atomic E-state index is 10.6. The number of hydrogen-bond donors (Lipinski definition) is 2. The smallest absolute Gasteiger partial charge is 0.328 e. The molecule has 0 radical (unpaired) electrons. The molecule has 1 aliphatic rings. The summed E-state index contributed by atoms with van der Waals surface area (Å²) in [4.78, 5) is 19.0. The van der Waals surface area contributed by atoms with Crippen LogP contribution in [0.4, 0.5) is 5.95 Å². The highest BCUT2D eigenvalue weighted by Crippen LogP contribution is 2.24. The molecule has 2 N–H and O–H groups in total. The third-order valence-electron chi connectivity index (χ3n) is 3.20. The number of carbonyl (C=O) groups is 1. The van der Waals surface area contributed by atoms with Crippen LogP contribution in [-0.4, -0.2) is 27.1 Å². The van der Waals surface area contributed by atoms with E-state index in [-0.39, 0.29) is 5.15 Å². The van der Waals surface area contributed by atoms with Gasteiger partial charge in [0.25, 0.3) is 0 Å². The van der Waals surface area contributed by atoms with Crippen LogP contribution in [0.25, 0.3) is 5.57 Å². The fourth-order valence-electron chi connectivity index (χ4n) is 2.21. The number of allylic oxidation sites excluding steroid dienone is 1. The highest BCUT2D eigenvalue weighted by molar-refractivity contribution is 6.31. The molecule has 1 aliphatic carbocycles. The first-order chi connectivity index (χ1) is 9.06. The largest absolute Gasteiger partial charge is 0.478 e. The number of halogens is 1. The van der Waals surface area contributed by atoms with Gasteiger partial charge >= 0.3 is 5.97 Å². The van der Waals surface area contributed by atoms with E-state index in [1.165, 1.54) is 12.8 Å². The van der Waals surface area contributed by atoms with Crippen LogP contribution in [0.2, 0.25) is 5.15 Å². The van der Waals surface area contributed by atoms with E-state index < -0.39 is 5.97 Å². The molecule has 0 amide bonds. The Hall–Kier alpha value is -1.62. The van der Waals surface area contributed by atoms with Gasteiger partial charge in [0.2, 0.25) is 5.95 Å². The van der Waals surface area contributed by atoms with Gasteiger partial charge in [-0.25, -0.2) is 14.8 Å². The van der Waals surface area contributed by atoms with Crippen molar-refractivity contribution in [3.63, 3.8) is 0 Å². The second-order valence-corrected chi connectivity index (χ2v) is 5.05. The van der Waals surface area contributed by atoms with E-state index in [2.05, 4.69) is 15.3 Å². The summed E-state index contributed by atoms with van der Waals surface area (Å²) in [6.45, 7) is 1.67. The van der Waals surface area contributed by atoms with Crippen molar-refractivity contribution in [1.29, 1.82) is 0 Å². The Morgan fingerprint density at radius 1 is 1.53 bits per heavy atom. The third-order valence-corrected chi connectivity index (χ3v) is 3.48. The van der Waals surface area contributed by atoms with E-state index in [1.807, 2.05) is 0 Å². The molecule has 0 aliphatic heterocycles. The molecule has 0 aromatic carbocycles. The zero-order valence-corrected chi connectivity index (χ0v) is 11.4. The number of nitrogens with one attached hydrogen (secondary N) is 1. The van der Waals surface area contributed by atoms with Gasteiger partial charge in [0.05, 0.1) is 0 Å². The Balaban J connectivity index is 2.14. The number of aliphatic carboxylic acids is 1. The minimum absolute atomic E-state index is 0.269. The van der Waals surface area contributed by atoms with Crippen molar-refractivity contribution < 1.29 is 9.90 Å². The van der Waals surface area contributed by atoms with Crippen LogP contribution in [0.1, 0.15) is 38.2 Å². The molecular weight excluding hydrogens is 266 g/mol. The molecule has 2 rings (SSSR count). The minimum Gasteiger partial charge on any atom is -0.478 e. The van der Waals surface area contributed by atoms with E-state index in [0.717, 1.165) is 18.9 Å². The van der Waals surface area contributed by atoms with Crippen LogP contribution in [0.3, 0.4) is 0 Å². The lowest BCUT2D eigenvalue weighted by molar-refractivity contribution is -0.131. The van der Waals surface area contributed by atoms with Gasteiger partial charge in [-0.05, 0) is 25.3 Å². The average molecular weight is 282 g/mol. The monoisotopic (exact) mass is 281 g/mol. The summed E-state index contributed by atoms with van der Waals surface area (Å²) in [7, 11) is 0. The van der Waals surface area contributed by atoms with Crippen LogP contribution in [0, 0.1) is 0 Å². The van der Waals surface area contributed by atoms with Gasteiger partial charge < -0.3 is 10.4 Å². The summed E-state index contributed by atoms with van der Waals surface area (Å²) in [6, 6.07) is 0.414. The van der Waals surface area contributed by atoms with Gasteiger partial charge in [-0.3, -0.25) is 0 Å². The van der Waals surface area contributed by atoms with Gasteiger partial charge in [0, 0.05) is 23.9 Å². The summed E-state index contributed by atoms with van der Waals surface area (Å²) in [5.74, 6) is -0.509. The first-order valence-electron chi connectivity index (χ1n) is 6.27. The molecule has 1 heterocycles. The molecule has 1 aromatic heterocycles. The molecule has 0 spiro atoms. The van der Waals surface area contributed by atoms with E-state index in [0.29, 0.717) is 23.1 Å².